The van der Waals surface area contributed by atoms with Crippen LogP contribution in [0, 0.1) is 29.1 Å². The lowest BCUT2D eigenvalue weighted by atomic mass is 9.84. The van der Waals surface area contributed by atoms with Gasteiger partial charge in [-0.15, -0.1) is 0 Å². The van der Waals surface area contributed by atoms with Gasteiger partial charge in [0.05, 0.1) is 6.07 Å². The highest BCUT2D eigenvalue weighted by atomic mass is 15.1. The number of rotatable bonds is 3. The molecule has 0 spiro atoms. The average molecular weight is 206 g/mol. The van der Waals surface area contributed by atoms with Crippen molar-refractivity contribution < 1.29 is 0 Å². The lowest BCUT2D eigenvalue weighted by Gasteiger charge is -2.24. The zero-order valence-corrected chi connectivity index (χ0v) is 9.78. The average Bonchev–Trinajstić information content (AvgIpc) is 2.49. The van der Waals surface area contributed by atoms with Crippen LogP contribution >= 0.6 is 0 Å². The molecule has 2 bridgehead atoms. The quantitative estimate of drug-likeness (QED) is 0.710. The molecule has 1 saturated carbocycles. The summed E-state index contributed by atoms with van der Waals surface area (Å²) in [6.45, 7) is 5.94. The molecule has 2 aliphatic heterocycles. The van der Waals surface area contributed by atoms with Gasteiger partial charge in [0.25, 0.3) is 0 Å². The van der Waals surface area contributed by atoms with Gasteiger partial charge in [-0.2, -0.15) is 5.26 Å². The fraction of sp³-hybridized carbons (Fsp3) is 0.923. The zero-order chi connectivity index (χ0) is 10.7. The predicted octanol–water partition coefficient (Wildman–Crippen LogP) is 2.66. The highest BCUT2D eigenvalue weighted by Crippen LogP contribution is 2.34. The monoisotopic (exact) mass is 206 g/mol. The normalized spacial score (nSPS) is 33.3. The molecule has 1 atom stereocenters. The Kier molecular flexibility index (Phi) is 3.64. The molecular formula is C13H22N2. The lowest BCUT2D eigenvalue weighted by molar-refractivity contribution is 0.221. The van der Waals surface area contributed by atoms with Crippen molar-refractivity contribution >= 4 is 0 Å². The topological polar surface area (TPSA) is 27.0 Å². The molecule has 1 unspecified atom stereocenters. The molecule has 0 aromatic carbocycles. The molecule has 2 saturated heterocycles. The van der Waals surface area contributed by atoms with Gasteiger partial charge in [0, 0.05) is 26.1 Å². The second-order valence-electron chi connectivity index (χ2n) is 5.57. The molecule has 15 heavy (non-hydrogen) atoms. The molecule has 0 N–H and O–H groups in total. The molecule has 1 aliphatic carbocycles. The Hall–Kier alpha value is -0.550. The van der Waals surface area contributed by atoms with Gasteiger partial charge in [0.2, 0.25) is 0 Å². The summed E-state index contributed by atoms with van der Waals surface area (Å²) in [5.41, 5.74) is 0. The first-order chi connectivity index (χ1) is 7.28. The Morgan fingerprint density at radius 2 is 1.73 bits per heavy atom. The van der Waals surface area contributed by atoms with Crippen LogP contribution < -0.4 is 0 Å². The van der Waals surface area contributed by atoms with Crippen molar-refractivity contribution in [3.8, 4) is 6.07 Å². The maximum absolute atomic E-state index is 8.67. The highest BCUT2D eigenvalue weighted by Gasteiger charge is 2.29. The zero-order valence-electron chi connectivity index (χ0n) is 9.78. The smallest absolute Gasteiger partial charge is 0.0625 e. The van der Waals surface area contributed by atoms with Crippen LogP contribution in [0.3, 0.4) is 0 Å². The number of fused-ring (bicyclic) bond motifs is 4. The van der Waals surface area contributed by atoms with E-state index in [1.54, 1.807) is 0 Å². The first-order valence-corrected chi connectivity index (χ1v) is 6.37. The van der Waals surface area contributed by atoms with Crippen molar-refractivity contribution in [3.05, 3.63) is 0 Å². The molecule has 2 heterocycles. The van der Waals surface area contributed by atoms with Crippen molar-refractivity contribution in [2.45, 2.75) is 39.0 Å². The summed E-state index contributed by atoms with van der Waals surface area (Å²) in [7, 11) is 0. The van der Waals surface area contributed by atoms with Crippen LogP contribution in [0.1, 0.15) is 39.0 Å². The molecule has 0 radical (unpaired) electrons. The number of nitrogens with zero attached hydrogens (tertiary/aromatic N) is 2. The van der Waals surface area contributed by atoms with Crippen LogP contribution in [0.25, 0.3) is 0 Å². The minimum Gasteiger partial charge on any atom is -0.302 e. The summed E-state index contributed by atoms with van der Waals surface area (Å²) in [6.07, 6.45) is 6.52. The Morgan fingerprint density at radius 3 is 2.20 bits per heavy atom. The summed E-state index contributed by atoms with van der Waals surface area (Å²) in [5.74, 6) is 2.46. The maximum Gasteiger partial charge on any atom is 0.0625 e. The van der Waals surface area contributed by atoms with Gasteiger partial charge in [0.15, 0.2) is 0 Å². The fourth-order valence-electron chi connectivity index (χ4n) is 3.21. The van der Waals surface area contributed by atoms with Crippen molar-refractivity contribution in [1.29, 1.82) is 5.26 Å². The highest BCUT2D eigenvalue weighted by molar-refractivity contribution is 4.84. The fourth-order valence-corrected chi connectivity index (χ4v) is 3.21. The van der Waals surface area contributed by atoms with Crippen LogP contribution in [0.4, 0.5) is 0 Å². The Balaban J connectivity index is 1.85. The first kappa shape index (κ1) is 11.0. The molecule has 2 heteroatoms. The van der Waals surface area contributed by atoms with Crippen molar-refractivity contribution in [1.82, 2.24) is 4.90 Å². The van der Waals surface area contributed by atoms with E-state index in [1.807, 2.05) is 0 Å². The lowest BCUT2D eigenvalue weighted by Crippen LogP contribution is -2.32. The first-order valence-electron chi connectivity index (χ1n) is 6.37. The van der Waals surface area contributed by atoms with Crippen LogP contribution in [0.15, 0.2) is 0 Å². The van der Waals surface area contributed by atoms with E-state index in [9.17, 15) is 0 Å². The van der Waals surface area contributed by atoms with E-state index in [0.29, 0.717) is 12.3 Å². The van der Waals surface area contributed by atoms with Gasteiger partial charge in [-0.05, 0) is 43.4 Å². The minimum atomic E-state index is 0.549. The summed E-state index contributed by atoms with van der Waals surface area (Å²) < 4.78 is 0. The summed E-state index contributed by atoms with van der Waals surface area (Å²) in [5, 5.41) is 8.67. The molecule has 2 nitrogen and oxygen atoms in total. The van der Waals surface area contributed by atoms with Gasteiger partial charge in [0.1, 0.15) is 0 Å². The SMILES string of the molecule is CC(CC#N)CN1CC2CCC(CC2)C1. The molecule has 0 aromatic heterocycles. The van der Waals surface area contributed by atoms with Gasteiger partial charge in [-0.1, -0.05) is 6.92 Å². The molecule has 0 amide bonds. The molecule has 3 rings (SSSR count). The van der Waals surface area contributed by atoms with E-state index in [4.69, 9.17) is 5.26 Å². The molecule has 3 aliphatic rings. The third-order valence-corrected chi connectivity index (χ3v) is 4.01. The standard InChI is InChI=1S/C13H22N2/c1-11(6-7-14)8-15-9-12-2-3-13(10-15)5-4-12/h11-13H,2-6,8-10H2,1H3. The number of nitriles is 1. The maximum atomic E-state index is 8.67. The largest absolute Gasteiger partial charge is 0.302 e. The third-order valence-electron chi connectivity index (χ3n) is 4.01. The van der Waals surface area contributed by atoms with Crippen molar-refractivity contribution in [2.24, 2.45) is 17.8 Å². The van der Waals surface area contributed by atoms with E-state index in [2.05, 4.69) is 17.9 Å². The number of hydrogen-bond acceptors (Lipinski definition) is 2. The molecule has 3 fully saturated rings. The number of hydrogen-bond donors (Lipinski definition) is 0. The van der Waals surface area contributed by atoms with E-state index in [0.717, 1.165) is 18.4 Å². The van der Waals surface area contributed by atoms with E-state index in [-0.39, 0.29) is 0 Å². The van der Waals surface area contributed by atoms with Gasteiger partial charge < -0.3 is 4.90 Å². The third kappa shape index (κ3) is 2.95. The minimum absolute atomic E-state index is 0.549. The van der Waals surface area contributed by atoms with Crippen LogP contribution in [0.5, 0.6) is 0 Å². The van der Waals surface area contributed by atoms with E-state index < -0.39 is 0 Å². The molecule has 0 aromatic rings. The predicted molar refractivity (Wildman–Crippen MR) is 61.3 cm³/mol. The van der Waals surface area contributed by atoms with Crippen molar-refractivity contribution in [2.75, 3.05) is 19.6 Å². The van der Waals surface area contributed by atoms with E-state index >= 15 is 0 Å². The van der Waals surface area contributed by atoms with E-state index in [1.165, 1.54) is 38.8 Å². The Labute approximate surface area is 93.3 Å². The molecule has 84 valence electrons. The molecular weight excluding hydrogens is 184 g/mol. The van der Waals surface area contributed by atoms with Gasteiger partial charge in [-0.3, -0.25) is 0 Å². The van der Waals surface area contributed by atoms with Crippen molar-refractivity contribution in [3.63, 3.8) is 0 Å². The van der Waals surface area contributed by atoms with Crippen LogP contribution in [-0.4, -0.2) is 24.5 Å². The second kappa shape index (κ2) is 4.99. The Morgan fingerprint density at radius 1 is 1.20 bits per heavy atom. The summed E-state index contributed by atoms with van der Waals surface area (Å²) in [4.78, 5) is 2.62. The van der Waals surface area contributed by atoms with Crippen LogP contribution in [-0.2, 0) is 0 Å². The van der Waals surface area contributed by atoms with Gasteiger partial charge >= 0.3 is 0 Å². The summed E-state index contributed by atoms with van der Waals surface area (Å²) in [6, 6.07) is 2.28. The van der Waals surface area contributed by atoms with Crippen LogP contribution in [0.2, 0.25) is 0 Å². The second-order valence-corrected chi connectivity index (χ2v) is 5.57. The van der Waals surface area contributed by atoms with Gasteiger partial charge in [-0.25, -0.2) is 0 Å². The Bertz CT molecular complexity index is 221. The summed E-state index contributed by atoms with van der Waals surface area (Å²) >= 11 is 0.